The number of anilines is 2. The summed E-state index contributed by atoms with van der Waals surface area (Å²) in [6.07, 6.45) is 2.54. The quantitative estimate of drug-likeness (QED) is 0.616. The van der Waals surface area contributed by atoms with Gasteiger partial charge in [0.15, 0.2) is 0 Å². The number of carbonyl (C=O) groups excluding carboxylic acids is 1. The summed E-state index contributed by atoms with van der Waals surface area (Å²) >= 11 is 0. The van der Waals surface area contributed by atoms with Gasteiger partial charge in [-0.15, -0.1) is 0 Å². The Morgan fingerprint density at radius 1 is 0.963 bits per heavy atom. The molecule has 0 aliphatic heterocycles. The van der Waals surface area contributed by atoms with E-state index in [0.29, 0.717) is 11.5 Å². The van der Waals surface area contributed by atoms with Gasteiger partial charge in [0.2, 0.25) is 0 Å². The first-order valence-electron chi connectivity index (χ1n) is 9.27. The molecule has 1 amide bonds. The van der Waals surface area contributed by atoms with E-state index in [1.165, 1.54) is 5.56 Å². The number of hydrogen-bond acceptors (Lipinski definition) is 3. The molecule has 0 aliphatic rings. The van der Waals surface area contributed by atoms with E-state index in [-0.39, 0.29) is 5.91 Å². The van der Waals surface area contributed by atoms with Crippen LogP contribution in [-0.2, 0) is 6.42 Å². The second-order valence-corrected chi connectivity index (χ2v) is 6.79. The van der Waals surface area contributed by atoms with Crippen molar-refractivity contribution in [3.63, 3.8) is 0 Å². The monoisotopic (exact) mass is 359 g/mol. The summed E-state index contributed by atoms with van der Waals surface area (Å²) in [4.78, 5) is 16.9. The van der Waals surface area contributed by atoms with E-state index >= 15 is 0 Å². The van der Waals surface area contributed by atoms with Gasteiger partial charge in [0.1, 0.15) is 5.82 Å². The minimum Gasteiger partial charge on any atom is -0.370 e. The second-order valence-electron chi connectivity index (χ2n) is 6.79. The van der Waals surface area contributed by atoms with Crippen LogP contribution in [0, 0.1) is 0 Å². The zero-order valence-electron chi connectivity index (χ0n) is 15.8. The number of aromatic nitrogens is 1. The van der Waals surface area contributed by atoms with Crippen LogP contribution in [0.5, 0.6) is 0 Å². The van der Waals surface area contributed by atoms with E-state index in [1.54, 1.807) is 12.3 Å². The molecule has 27 heavy (non-hydrogen) atoms. The van der Waals surface area contributed by atoms with Crippen molar-refractivity contribution in [3.8, 4) is 0 Å². The van der Waals surface area contributed by atoms with E-state index in [2.05, 4.69) is 41.6 Å². The first-order valence-corrected chi connectivity index (χ1v) is 9.27. The van der Waals surface area contributed by atoms with Crippen LogP contribution < -0.4 is 10.6 Å². The molecule has 3 rings (SSSR count). The Morgan fingerprint density at radius 3 is 2.41 bits per heavy atom. The van der Waals surface area contributed by atoms with Crippen molar-refractivity contribution in [1.82, 2.24) is 4.98 Å². The number of pyridine rings is 1. The third-order valence-corrected chi connectivity index (χ3v) is 4.42. The van der Waals surface area contributed by atoms with Crippen LogP contribution in [0.4, 0.5) is 11.5 Å². The van der Waals surface area contributed by atoms with Gasteiger partial charge in [-0.05, 0) is 41.7 Å². The number of para-hydroxylation sites is 1. The summed E-state index contributed by atoms with van der Waals surface area (Å²) in [6.45, 7) is 5.02. The number of rotatable bonds is 7. The maximum atomic E-state index is 12.5. The number of nitrogens with zero attached hydrogens (tertiary/aromatic N) is 1. The van der Waals surface area contributed by atoms with Crippen molar-refractivity contribution < 1.29 is 4.79 Å². The summed E-state index contributed by atoms with van der Waals surface area (Å²) in [6, 6.07) is 21.8. The first kappa shape index (κ1) is 18.6. The molecule has 4 heteroatoms. The van der Waals surface area contributed by atoms with Gasteiger partial charge >= 0.3 is 0 Å². The molecule has 3 aromatic rings. The van der Waals surface area contributed by atoms with Gasteiger partial charge in [-0.3, -0.25) is 4.79 Å². The number of benzene rings is 2. The Kier molecular flexibility index (Phi) is 6.21. The maximum Gasteiger partial charge on any atom is 0.257 e. The van der Waals surface area contributed by atoms with Crippen molar-refractivity contribution in [2.24, 2.45) is 0 Å². The summed E-state index contributed by atoms with van der Waals surface area (Å²) in [5.41, 5.74) is 3.80. The minimum atomic E-state index is -0.147. The second kappa shape index (κ2) is 8.99. The van der Waals surface area contributed by atoms with Crippen LogP contribution in [-0.4, -0.2) is 17.4 Å². The fraction of sp³-hybridized carbons (Fsp3) is 0.217. The topological polar surface area (TPSA) is 54.0 Å². The lowest BCUT2D eigenvalue weighted by Gasteiger charge is -2.13. The number of nitrogens with one attached hydrogen (secondary N) is 2. The largest absolute Gasteiger partial charge is 0.370 e. The summed E-state index contributed by atoms with van der Waals surface area (Å²) in [7, 11) is 0. The molecule has 0 fully saturated rings. The van der Waals surface area contributed by atoms with Gasteiger partial charge in [-0.1, -0.05) is 62.4 Å². The van der Waals surface area contributed by atoms with Crippen LogP contribution in [0.3, 0.4) is 0 Å². The van der Waals surface area contributed by atoms with Gasteiger partial charge in [0.25, 0.3) is 5.91 Å². The zero-order chi connectivity index (χ0) is 19.1. The zero-order valence-corrected chi connectivity index (χ0v) is 15.8. The number of carbonyl (C=O) groups is 1. The average molecular weight is 359 g/mol. The first-order chi connectivity index (χ1) is 13.1. The van der Waals surface area contributed by atoms with E-state index in [4.69, 9.17) is 0 Å². The maximum absolute atomic E-state index is 12.5. The van der Waals surface area contributed by atoms with Crippen LogP contribution in [0.25, 0.3) is 0 Å². The molecule has 0 bridgehead atoms. The molecule has 1 aromatic heterocycles. The SMILES string of the molecule is CC(C)c1ccccc1NC(=O)c1ccc(NCCc2ccccc2)nc1. The summed E-state index contributed by atoms with van der Waals surface area (Å²) < 4.78 is 0. The van der Waals surface area contributed by atoms with E-state index in [9.17, 15) is 4.79 Å². The van der Waals surface area contributed by atoms with Crippen molar-refractivity contribution in [2.45, 2.75) is 26.2 Å². The third kappa shape index (κ3) is 5.17. The van der Waals surface area contributed by atoms with E-state index < -0.39 is 0 Å². The molecule has 1 heterocycles. The fourth-order valence-electron chi connectivity index (χ4n) is 2.92. The Labute approximate surface area is 160 Å². The molecular formula is C23H25N3O. The van der Waals surface area contributed by atoms with Gasteiger partial charge < -0.3 is 10.6 Å². The molecule has 0 atom stereocenters. The van der Waals surface area contributed by atoms with Crippen molar-refractivity contribution in [3.05, 3.63) is 89.6 Å². The Hall–Kier alpha value is -3.14. The predicted molar refractivity (Wildman–Crippen MR) is 111 cm³/mol. The van der Waals surface area contributed by atoms with Crippen LogP contribution in [0.15, 0.2) is 72.9 Å². The highest BCUT2D eigenvalue weighted by atomic mass is 16.1. The van der Waals surface area contributed by atoms with Gasteiger partial charge in [-0.2, -0.15) is 0 Å². The number of amides is 1. The van der Waals surface area contributed by atoms with Crippen molar-refractivity contribution >= 4 is 17.4 Å². The predicted octanol–water partition coefficient (Wildman–Crippen LogP) is 5.11. The van der Waals surface area contributed by atoms with Crippen molar-refractivity contribution in [2.75, 3.05) is 17.2 Å². The normalized spacial score (nSPS) is 10.6. The molecule has 0 saturated heterocycles. The van der Waals surface area contributed by atoms with E-state index in [1.807, 2.05) is 48.5 Å². The highest BCUT2D eigenvalue weighted by Gasteiger charge is 2.11. The van der Waals surface area contributed by atoms with Crippen LogP contribution in [0.1, 0.15) is 41.3 Å². The molecule has 0 aliphatic carbocycles. The Morgan fingerprint density at radius 2 is 1.70 bits per heavy atom. The lowest BCUT2D eigenvalue weighted by atomic mass is 10.0. The molecule has 0 saturated carbocycles. The van der Waals surface area contributed by atoms with Gasteiger partial charge in [-0.25, -0.2) is 4.98 Å². The van der Waals surface area contributed by atoms with Crippen LogP contribution in [0.2, 0.25) is 0 Å². The van der Waals surface area contributed by atoms with Gasteiger partial charge in [0, 0.05) is 18.4 Å². The molecular weight excluding hydrogens is 334 g/mol. The summed E-state index contributed by atoms with van der Waals surface area (Å²) in [5, 5.41) is 6.28. The highest BCUT2D eigenvalue weighted by Crippen LogP contribution is 2.24. The standard InChI is InChI=1S/C23H25N3O/c1-17(2)20-10-6-7-11-21(20)26-23(27)19-12-13-22(25-16-19)24-15-14-18-8-4-3-5-9-18/h3-13,16-17H,14-15H2,1-2H3,(H,24,25)(H,26,27). The van der Waals surface area contributed by atoms with E-state index in [0.717, 1.165) is 30.0 Å². The highest BCUT2D eigenvalue weighted by molar-refractivity contribution is 6.04. The van der Waals surface area contributed by atoms with Crippen LogP contribution >= 0.6 is 0 Å². The average Bonchev–Trinajstić information content (AvgIpc) is 2.69. The molecule has 4 nitrogen and oxygen atoms in total. The number of hydrogen-bond donors (Lipinski definition) is 2. The lowest BCUT2D eigenvalue weighted by molar-refractivity contribution is 0.102. The smallest absolute Gasteiger partial charge is 0.257 e. The molecule has 0 spiro atoms. The lowest BCUT2D eigenvalue weighted by Crippen LogP contribution is -2.14. The molecule has 0 radical (unpaired) electrons. The summed E-state index contributed by atoms with van der Waals surface area (Å²) in [5.74, 6) is 0.965. The molecule has 2 aromatic carbocycles. The molecule has 0 unspecified atom stereocenters. The third-order valence-electron chi connectivity index (χ3n) is 4.42. The fourth-order valence-corrected chi connectivity index (χ4v) is 2.92. The minimum absolute atomic E-state index is 0.147. The van der Waals surface area contributed by atoms with Gasteiger partial charge in [0.05, 0.1) is 5.56 Å². The van der Waals surface area contributed by atoms with Crippen molar-refractivity contribution in [1.29, 1.82) is 0 Å². The molecule has 138 valence electrons. The Bertz CT molecular complexity index is 874. The molecule has 2 N–H and O–H groups in total. The Balaban J connectivity index is 1.57.